The summed E-state index contributed by atoms with van der Waals surface area (Å²) in [6.07, 6.45) is 2.72. The minimum atomic E-state index is -3.78. The van der Waals surface area contributed by atoms with Crippen molar-refractivity contribution in [3.05, 3.63) is 94.3 Å². The van der Waals surface area contributed by atoms with Crippen molar-refractivity contribution in [3.63, 3.8) is 0 Å². The third-order valence-corrected chi connectivity index (χ3v) is 7.93. The number of ether oxygens (including phenoxy) is 2. The zero-order valence-electron chi connectivity index (χ0n) is 23.9. The van der Waals surface area contributed by atoms with Crippen LogP contribution in [0, 0.1) is 11.3 Å². The molecule has 12 heteroatoms. The van der Waals surface area contributed by atoms with Gasteiger partial charge in [0.2, 0.25) is 15.0 Å². The maximum Gasteiger partial charge on any atom is 0.250 e. The van der Waals surface area contributed by atoms with Crippen LogP contribution in [-0.4, -0.2) is 50.9 Å². The number of rotatable bonds is 11. The Balaban J connectivity index is 1.77. The maximum absolute atomic E-state index is 12.3. The molecule has 0 aliphatic heterocycles. The van der Waals surface area contributed by atoms with Crippen molar-refractivity contribution in [1.82, 2.24) is 15.0 Å². The van der Waals surface area contributed by atoms with E-state index >= 15 is 0 Å². The first-order chi connectivity index (χ1) is 20.0. The molecule has 0 amide bonds. The SMILES string of the molecule is COc1ccc(CN(Cc2ccc(OC)cc2)c2ncccc2[C@@H](C)N(C)c2nc(S(C)(=O)=O)nc(Cl)c2C#N)cc1. The predicted octanol–water partition coefficient (Wildman–Crippen LogP) is 5.22. The van der Waals surface area contributed by atoms with Crippen molar-refractivity contribution in [2.24, 2.45) is 0 Å². The van der Waals surface area contributed by atoms with Crippen LogP contribution in [0.4, 0.5) is 11.6 Å². The largest absolute Gasteiger partial charge is 0.497 e. The van der Waals surface area contributed by atoms with Gasteiger partial charge in [-0.2, -0.15) is 10.2 Å². The van der Waals surface area contributed by atoms with Gasteiger partial charge < -0.3 is 19.3 Å². The molecule has 2 aromatic carbocycles. The second kappa shape index (κ2) is 13.1. The molecule has 0 saturated heterocycles. The Kier molecular flexibility index (Phi) is 9.50. The Bertz CT molecular complexity index is 1640. The van der Waals surface area contributed by atoms with E-state index in [1.54, 1.807) is 32.4 Å². The summed E-state index contributed by atoms with van der Waals surface area (Å²) >= 11 is 6.24. The molecule has 0 spiro atoms. The highest BCUT2D eigenvalue weighted by Gasteiger charge is 2.27. The highest BCUT2D eigenvalue weighted by Crippen LogP contribution is 2.34. The summed E-state index contributed by atoms with van der Waals surface area (Å²) < 4.78 is 35.2. The van der Waals surface area contributed by atoms with Gasteiger partial charge in [0.05, 0.1) is 20.3 Å². The van der Waals surface area contributed by atoms with E-state index in [0.717, 1.165) is 34.4 Å². The van der Waals surface area contributed by atoms with E-state index in [1.807, 2.05) is 73.7 Å². The molecule has 0 saturated carbocycles. The molecule has 0 N–H and O–H groups in total. The van der Waals surface area contributed by atoms with Gasteiger partial charge in [-0.3, -0.25) is 0 Å². The second-order valence-corrected chi connectivity index (χ2v) is 11.9. The number of halogens is 1. The fraction of sp³-hybridized carbons (Fsp3) is 0.267. The average molecular weight is 607 g/mol. The Morgan fingerprint density at radius 1 is 0.929 bits per heavy atom. The zero-order chi connectivity index (χ0) is 30.4. The van der Waals surface area contributed by atoms with Gasteiger partial charge in [-0.1, -0.05) is 41.9 Å². The summed E-state index contributed by atoms with van der Waals surface area (Å²) in [6.45, 7) is 3.01. The summed E-state index contributed by atoms with van der Waals surface area (Å²) in [7, 11) is 1.21. The molecule has 2 heterocycles. The van der Waals surface area contributed by atoms with Gasteiger partial charge in [-0.15, -0.1) is 0 Å². The van der Waals surface area contributed by atoms with Crippen LogP contribution in [0.5, 0.6) is 11.5 Å². The number of nitrogens with zero attached hydrogens (tertiary/aromatic N) is 6. The average Bonchev–Trinajstić information content (AvgIpc) is 2.99. The number of benzene rings is 2. The van der Waals surface area contributed by atoms with Gasteiger partial charge in [-0.25, -0.2) is 18.4 Å². The lowest BCUT2D eigenvalue weighted by Gasteiger charge is -2.32. The minimum absolute atomic E-state index is 0.0165. The highest BCUT2D eigenvalue weighted by atomic mass is 35.5. The fourth-order valence-electron chi connectivity index (χ4n) is 4.42. The van der Waals surface area contributed by atoms with Gasteiger partial charge in [-0.05, 0) is 48.4 Å². The van der Waals surface area contributed by atoms with Crippen LogP contribution in [0.25, 0.3) is 0 Å². The van der Waals surface area contributed by atoms with E-state index in [1.165, 1.54) is 0 Å². The number of aromatic nitrogens is 3. The molecule has 1 atom stereocenters. The van der Waals surface area contributed by atoms with Crippen molar-refractivity contribution in [2.75, 3.05) is 37.3 Å². The Morgan fingerprint density at radius 2 is 1.48 bits per heavy atom. The molecule has 0 bridgehead atoms. The van der Waals surface area contributed by atoms with Gasteiger partial charge in [0.25, 0.3) is 0 Å². The van der Waals surface area contributed by atoms with Crippen molar-refractivity contribution in [2.45, 2.75) is 31.2 Å². The van der Waals surface area contributed by atoms with Crippen LogP contribution in [0.3, 0.4) is 0 Å². The maximum atomic E-state index is 12.3. The van der Waals surface area contributed by atoms with Crippen molar-refractivity contribution >= 4 is 33.1 Å². The Hall–Kier alpha value is -4.40. The molecule has 42 heavy (non-hydrogen) atoms. The van der Waals surface area contributed by atoms with E-state index in [0.29, 0.717) is 18.9 Å². The molecular formula is C30H31ClN6O4S. The lowest BCUT2D eigenvalue weighted by Crippen LogP contribution is -2.29. The molecule has 0 unspecified atom stereocenters. The van der Waals surface area contributed by atoms with Gasteiger partial charge in [0.15, 0.2) is 11.0 Å². The lowest BCUT2D eigenvalue weighted by molar-refractivity contribution is 0.414. The van der Waals surface area contributed by atoms with E-state index in [2.05, 4.69) is 14.9 Å². The van der Waals surface area contributed by atoms with Gasteiger partial charge in [0, 0.05) is 38.2 Å². The number of hydrogen-bond donors (Lipinski definition) is 0. The molecule has 0 aliphatic carbocycles. The second-order valence-electron chi connectivity index (χ2n) is 9.63. The lowest BCUT2D eigenvalue weighted by atomic mass is 10.1. The molecule has 4 rings (SSSR count). The predicted molar refractivity (Wildman–Crippen MR) is 162 cm³/mol. The number of hydrogen-bond acceptors (Lipinski definition) is 10. The third-order valence-electron chi connectivity index (χ3n) is 6.82. The van der Waals surface area contributed by atoms with Crippen LogP contribution in [0.1, 0.15) is 35.2 Å². The van der Waals surface area contributed by atoms with Crippen LogP contribution in [0.2, 0.25) is 5.15 Å². The number of nitriles is 1. The fourth-order valence-corrected chi connectivity index (χ4v) is 5.19. The van der Waals surface area contributed by atoms with Crippen LogP contribution in [0.15, 0.2) is 72.0 Å². The Labute approximate surface area is 251 Å². The zero-order valence-corrected chi connectivity index (χ0v) is 25.5. The van der Waals surface area contributed by atoms with E-state index in [9.17, 15) is 13.7 Å². The van der Waals surface area contributed by atoms with Crippen LogP contribution >= 0.6 is 11.6 Å². The molecule has 10 nitrogen and oxygen atoms in total. The first-order valence-corrected chi connectivity index (χ1v) is 15.2. The van der Waals surface area contributed by atoms with E-state index in [4.69, 9.17) is 26.1 Å². The summed E-state index contributed by atoms with van der Waals surface area (Å²) in [5, 5.41) is 9.13. The van der Waals surface area contributed by atoms with Crippen LogP contribution in [-0.2, 0) is 22.9 Å². The number of sulfone groups is 1. The standard InChI is InChI=1S/C30H31ClN6O4S/c1-20(36(2)29-26(17-32)27(31)34-30(35-29)42(5,38)39)25-7-6-16-33-28(25)37(18-21-8-12-23(40-3)13-9-21)19-22-10-14-24(41-4)15-11-22/h6-16,20H,18-19H2,1-5H3/t20-/m1/s1. The molecule has 0 aliphatic rings. The molecule has 4 aromatic rings. The Morgan fingerprint density at radius 3 is 1.95 bits per heavy atom. The molecule has 218 valence electrons. The molecule has 0 radical (unpaired) electrons. The monoisotopic (exact) mass is 606 g/mol. The van der Waals surface area contributed by atoms with Crippen molar-refractivity contribution in [1.29, 1.82) is 5.26 Å². The molecular weight excluding hydrogens is 576 g/mol. The summed E-state index contributed by atoms with van der Waals surface area (Å²) in [6, 6.07) is 21.1. The molecule has 2 aromatic heterocycles. The topological polar surface area (TPSA) is 122 Å². The third kappa shape index (κ3) is 6.90. The van der Waals surface area contributed by atoms with Gasteiger partial charge in [0.1, 0.15) is 28.9 Å². The minimum Gasteiger partial charge on any atom is -0.497 e. The van der Waals surface area contributed by atoms with Crippen molar-refractivity contribution in [3.8, 4) is 17.6 Å². The van der Waals surface area contributed by atoms with Gasteiger partial charge >= 0.3 is 0 Å². The number of anilines is 2. The first-order valence-electron chi connectivity index (χ1n) is 12.9. The smallest absolute Gasteiger partial charge is 0.250 e. The first kappa shape index (κ1) is 30.6. The molecule has 0 fully saturated rings. The quantitative estimate of drug-likeness (QED) is 0.166. The number of methoxy groups -OCH3 is 2. The highest BCUT2D eigenvalue weighted by molar-refractivity contribution is 7.90. The summed E-state index contributed by atoms with van der Waals surface area (Å²) in [4.78, 5) is 16.7. The summed E-state index contributed by atoms with van der Waals surface area (Å²) in [5.41, 5.74) is 2.92. The van der Waals surface area contributed by atoms with E-state index < -0.39 is 21.0 Å². The van der Waals surface area contributed by atoms with Crippen molar-refractivity contribution < 1.29 is 17.9 Å². The number of pyridine rings is 1. The summed E-state index contributed by atoms with van der Waals surface area (Å²) in [5.74, 6) is 2.35. The normalized spacial score (nSPS) is 11.8. The van der Waals surface area contributed by atoms with Crippen LogP contribution < -0.4 is 19.3 Å². The van der Waals surface area contributed by atoms with E-state index in [-0.39, 0.29) is 16.5 Å².